The summed E-state index contributed by atoms with van der Waals surface area (Å²) < 4.78 is 18.9. The van der Waals surface area contributed by atoms with Gasteiger partial charge in [0.1, 0.15) is 17.3 Å². The van der Waals surface area contributed by atoms with Gasteiger partial charge in [0.25, 0.3) is 11.7 Å². The van der Waals surface area contributed by atoms with Gasteiger partial charge < -0.3 is 9.84 Å². The maximum Gasteiger partial charge on any atom is 0.300 e. The first kappa shape index (κ1) is 21.9. The van der Waals surface area contributed by atoms with Crippen molar-refractivity contribution in [1.82, 2.24) is 0 Å². The third kappa shape index (κ3) is 3.72. The molecule has 5 nitrogen and oxygen atoms in total. The van der Waals surface area contributed by atoms with Crippen LogP contribution in [0.2, 0.25) is 10.0 Å². The van der Waals surface area contributed by atoms with Crippen LogP contribution in [0.15, 0.2) is 72.3 Å². The average molecular weight is 472 g/mol. The van der Waals surface area contributed by atoms with Gasteiger partial charge in [-0.25, -0.2) is 4.39 Å². The van der Waals surface area contributed by atoms with E-state index in [0.717, 1.165) is 0 Å². The molecule has 8 heteroatoms. The summed E-state index contributed by atoms with van der Waals surface area (Å²) in [5.74, 6) is -2.62. The molecule has 4 rings (SSSR count). The van der Waals surface area contributed by atoms with E-state index >= 15 is 0 Å². The van der Waals surface area contributed by atoms with E-state index in [-0.39, 0.29) is 26.9 Å². The summed E-state index contributed by atoms with van der Waals surface area (Å²) in [4.78, 5) is 27.5. The second-order valence-corrected chi connectivity index (χ2v) is 7.87. The fourth-order valence-corrected chi connectivity index (χ4v) is 4.31. The summed E-state index contributed by atoms with van der Waals surface area (Å²) in [6.07, 6.45) is 0. The van der Waals surface area contributed by atoms with E-state index in [1.54, 1.807) is 30.3 Å². The first-order chi connectivity index (χ1) is 15.3. The number of ether oxygens (including phenoxy) is 1. The van der Waals surface area contributed by atoms with Crippen molar-refractivity contribution in [2.45, 2.75) is 6.04 Å². The van der Waals surface area contributed by atoms with Crippen LogP contribution in [-0.2, 0) is 9.59 Å². The number of anilines is 1. The van der Waals surface area contributed by atoms with Crippen LogP contribution < -0.4 is 9.64 Å². The highest BCUT2D eigenvalue weighted by molar-refractivity contribution is 6.51. The van der Waals surface area contributed by atoms with Crippen LogP contribution in [-0.4, -0.2) is 23.9 Å². The quantitative estimate of drug-likeness (QED) is 0.298. The molecule has 1 heterocycles. The van der Waals surface area contributed by atoms with Crippen molar-refractivity contribution in [3.8, 4) is 5.75 Å². The topological polar surface area (TPSA) is 66.8 Å². The van der Waals surface area contributed by atoms with Gasteiger partial charge in [0.05, 0.1) is 29.3 Å². The average Bonchev–Trinajstić information content (AvgIpc) is 3.04. The third-order valence-corrected chi connectivity index (χ3v) is 5.63. The van der Waals surface area contributed by atoms with Gasteiger partial charge in [-0.1, -0.05) is 53.5 Å². The van der Waals surface area contributed by atoms with Crippen molar-refractivity contribution >= 4 is 46.3 Å². The van der Waals surface area contributed by atoms with Crippen LogP contribution >= 0.6 is 23.2 Å². The number of ketones is 1. The minimum atomic E-state index is -1.01. The molecule has 1 aliphatic rings. The normalized spacial score (nSPS) is 17.6. The van der Waals surface area contributed by atoms with Crippen LogP contribution in [0.3, 0.4) is 0 Å². The fourth-order valence-electron chi connectivity index (χ4n) is 3.74. The minimum Gasteiger partial charge on any atom is -0.507 e. The Bertz CT molecular complexity index is 1240. The first-order valence-corrected chi connectivity index (χ1v) is 10.2. The number of halogens is 3. The summed E-state index contributed by atoms with van der Waals surface area (Å²) in [5.41, 5.74) is 0.743. The van der Waals surface area contributed by atoms with E-state index in [1.165, 1.54) is 48.4 Å². The fraction of sp³-hybridized carbons (Fsp3) is 0.0833. The molecule has 1 aliphatic heterocycles. The number of methoxy groups -OCH3 is 1. The molecule has 1 N–H and O–H groups in total. The zero-order valence-corrected chi connectivity index (χ0v) is 18.2. The first-order valence-electron chi connectivity index (χ1n) is 9.48. The highest BCUT2D eigenvalue weighted by Crippen LogP contribution is 2.44. The van der Waals surface area contributed by atoms with Gasteiger partial charge in [-0.2, -0.15) is 0 Å². The molecule has 3 aromatic rings. The number of amides is 1. The second-order valence-electron chi connectivity index (χ2n) is 7.02. The van der Waals surface area contributed by atoms with E-state index in [9.17, 15) is 19.1 Å². The van der Waals surface area contributed by atoms with Gasteiger partial charge in [-0.3, -0.25) is 14.5 Å². The number of rotatable bonds is 4. The number of aliphatic hydroxyl groups is 1. The van der Waals surface area contributed by atoms with Gasteiger partial charge in [-0.05, 0) is 42.0 Å². The number of aliphatic hydroxyl groups excluding tert-OH is 1. The van der Waals surface area contributed by atoms with Crippen LogP contribution in [0.1, 0.15) is 17.2 Å². The highest BCUT2D eigenvalue weighted by atomic mass is 35.5. The Kier molecular flexibility index (Phi) is 5.91. The van der Waals surface area contributed by atoms with E-state index < -0.39 is 29.3 Å². The van der Waals surface area contributed by atoms with Crippen molar-refractivity contribution < 1.29 is 23.8 Å². The number of carbonyl (C=O) groups excluding carboxylic acids is 2. The monoisotopic (exact) mass is 471 g/mol. The molecule has 0 radical (unpaired) electrons. The lowest BCUT2D eigenvalue weighted by molar-refractivity contribution is -0.132. The molecule has 1 atom stereocenters. The van der Waals surface area contributed by atoms with Gasteiger partial charge in [0.2, 0.25) is 0 Å². The maximum absolute atomic E-state index is 13.6. The molecule has 1 saturated heterocycles. The molecule has 32 heavy (non-hydrogen) atoms. The predicted octanol–water partition coefficient (Wildman–Crippen LogP) is 5.77. The number of carbonyl (C=O) groups is 2. The Morgan fingerprint density at radius 1 is 1.03 bits per heavy atom. The predicted molar refractivity (Wildman–Crippen MR) is 121 cm³/mol. The molecule has 3 aromatic carbocycles. The highest BCUT2D eigenvalue weighted by Gasteiger charge is 2.47. The zero-order chi connectivity index (χ0) is 23.0. The lowest BCUT2D eigenvalue weighted by Crippen LogP contribution is -2.29. The number of Topliss-reactive ketones (excluding diaryl/α,β-unsaturated/α-hetero) is 1. The van der Waals surface area contributed by atoms with Gasteiger partial charge in [0, 0.05) is 10.7 Å². The lowest BCUT2D eigenvalue weighted by Gasteiger charge is -2.25. The Morgan fingerprint density at radius 3 is 2.31 bits per heavy atom. The van der Waals surface area contributed by atoms with Crippen LogP contribution in [0.4, 0.5) is 10.1 Å². The number of hydrogen-bond donors (Lipinski definition) is 1. The molecule has 1 unspecified atom stereocenters. The summed E-state index contributed by atoms with van der Waals surface area (Å²) in [7, 11) is 1.35. The summed E-state index contributed by atoms with van der Waals surface area (Å²) in [6, 6.07) is 15.7. The van der Waals surface area contributed by atoms with Crippen LogP contribution in [0, 0.1) is 5.82 Å². The number of benzene rings is 3. The summed E-state index contributed by atoms with van der Waals surface area (Å²) in [5, 5.41) is 11.6. The maximum atomic E-state index is 13.6. The van der Waals surface area contributed by atoms with Gasteiger partial charge in [-0.15, -0.1) is 0 Å². The Morgan fingerprint density at radius 2 is 1.69 bits per heavy atom. The molecule has 0 aromatic heterocycles. The Balaban J connectivity index is 2.00. The Hall–Kier alpha value is -3.35. The number of para-hydroxylation sites is 1. The molecule has 0 spiro atoms. The smallest absolute Gasteiger partial charge is 0.300 e. The molecule has 0 aliphatic carbocycles. The van der Waals surface area contributed by atoms with Gasteiger partial charge >= 0.3 is 0 Å². The summed E-state index contributed by atoms with van der Waals surface area (Å²) in [6.45, 7) is 0. The SMILES string of the molecule is COc1c(Cl)cc(Cl)cc1/C(O)=C1\C(=O)C(=O)N(c2ccccc2)C1c1ccc(F)cc1. The van der Waals surface area contributed by atoms with E-state index in [0.29, 0.717) is 11.3 Å². The van der Waals surface area contributed by atoms with Crippen LogP contribution in [0.25, 0.3) is 5.76 Å². The number of nitrogens with zero attached hydrogens (tertiary/aromatic N) is 1. The largest absolute Gasteiger partial charge is 0.507 e. The lowest BCUT2D eigenvalue weighted by atomic mass is 9.94. The zero-order valence-electron chi connectivity index (χ0n) is 16.7. The molecule has 1 fully saturated rings. The van der Waals surface area contributed by atoms with Crippen molar-refractivity contribution in [3.63, 3.8) is 0 Å². The number of hydrogen-bond acceptors (Lipinski definition) is 4. The van der Waals surface area contributed by atoms with Gasteiger partial charge in [0.15, 0.2) is 0 Å². The van der Waals surface area contributed by atoms with Crippen molar-refractivity contribution in [3.05, 3.63) is 99.3 Å². The van der Waals surface area contributed by atoms with Crippen LogP contribution in [0.5, 0.6) is 5.75 Å². The standard InChI is InChI=1S/C24H16Cl2FNO4/c1-32-23-17(11-14(25)12-18(23)26)21(29)19-20(13-7-9-15(27)10-8-13)28(24(31)22(19)30)16-5-3-2-4-6-16/h2-12,20,29H,1H3/b21-19+. The molecule has 1 amide bonds. The third-order valence-electron chi connectivity index (χ3n) is 5.13. The molecular formula is C24H16Cl2FNO4. The molecule has 0 bridgehead atoms. The van der Waals surface area contributed by atoms with Crippen molar-refractivity contribution in [2.75, 3.05) is 12.0 Å². The molecule has 162 valence electrons. The molecule has 0 saturated carbocycles. The van der Waals surface area contributed by atoms with Crippen molar-refractivity contribution in [1.29, 1.82) is 0 Å². The summed E-state index contributed by atoms with van der Waals surface area (Å²) >= 11 is 12.3. The van der Waals surface area contributed by atoms with Crippen molar-refractivity contribution in [2.24, 2.45) is 0 Å². The Labute approximate surface area is 193 Å². The molecular weight excluding hydrogens is 456 g/mol. The second kappa shape index (κ2) is 8.65. The minimum absolute atomic E-state index is 0.0585. The van der Waals surface area contributed by atoms with E-state index in [2.05, 4.69) is 0 Å². The van der Waals surface area contributed by atoms with E-state index in [4.69, 9.17) is 27.9 Å². The van der Waals surface area contributed by atoms with E-state index in [1.807, 2.05) is 0 Å².